The molecule has 0 fully saturated rings. The molecule has 84 valence electrons. The standard InChI is InChI=1S/C10H12ClFO2S/c1-7-6-10(12)8(2)5-9(7)3-4-15(11,13)14/h5-6H,3-4H2,1-2H3. The van der Waals surface area contributed by atoms with E-state index in [0.29, 0.717) is 12.0 Å². The van der Waals surface area contributed by atoms with E-state index in [1.54, 1.807) is 19.9 Å². The van der Waals surface area contributed by atoms with Gasteiger partial charge in [0.25, 0.3) is 0 Å². The molecule has 0 unspecified atom stereocenters. The summed E-state index contributed by atoms with van der Waals surface area (Å²) in [6.07, 6.45) is 0.318. The van der Waals surface area contributed by atoms with Crippen LogP contribution in [0.1, 0.15) is 16.7 Å². The molecule has 5 heteroatoms. The molecular weight excluding hydrogens is 239 g/mol. The van der Waals surface area contributed by atoms with Gasteiger partial charge in [0.05, 0.1) is 5.75 Å². The highest BCUT2D eigenvalue weighted by atomic mass is 35.7. The van der Waals surface area contributed by atoms with Crippen molar-refractivity contribution in [1.82, 2.24) is 0 Å². The minimum atomic E-state index is -3.48. The van der Waals surface area contributed by atoms with Crippen molar-refractivity contribution in [2.24, 2.45) is 0 Å². The van der Waals surface area contributed by atoms with Gasteiger partial charge in [-0.2, -0.15) is 0 Å². The molecule has 0 amide bonds. The van der Waals surface area contributed by atoms with Crippen LogP contribution in [0.15, 0.2) is 12.1 Å². The Kier molecular flexibility index (Phi) is 3.73. The predicted molar refractivity (Wildman–Crippen MR) is 59.2 cm³/mol. The molecule has 0 saturated carbocycles. The summed E-state index contributed by atoms with van der Waals surface area (Å²) in [7, 11) is 1.62. The Morgan fingerprint density at radius 2 is 1.87 bits per heavy atom. The topological polar surface area (TPSA) is 34.1 Å². The van der Waals surface area contributed by atoms with Gasteiger partial charge < -0.3 is 0 Å². The van der Waals surface area contributed by atoms with Crippen molar-refractivity contribution in [2.45, 2.75) is 20.3 Å². The summed E-state index contributed by atoms with van der Waals surface area (Å²) in [6.45, 7) is 3.40. The number of benzene rings is 1. The van der Waals surface area contributed by atoms with Gasteiger partial charge in [-0.05, 0) is 43.0 Å². The molecule has 0 atom stereocenters. The lowest BCUT2D eigenvalue weighted by atomic mass is 10.0. The molecule has 0 heterocycles. The summed E-state index contributed by atoms with van der Waals surface area (Å²) in [5.74, 6) is -0.398. The van der Waals surface area contributed by atoms with Gasteiger partial charge in [0.1, 0.15) is 5.82 Å². The fourth-order valence-electron chi connectivity index (χ4n) is 1.34. The molecule has 1 aromatic rings. The van der Waals surface area contributed by atoms with Gasteiger partial charge in [0, 0.05) is 10.7 Å². The third-order valence-electron chi connectivity index (χ3n) is 2.23. The average Bonchev–Trinajstić information content (AvgIpc) is 2.07. The summed E-state index contributed by atoms with van der Waals surface area (Å²) in [5.41, 5.74) is 2.08. The summed E-state index contributed by atoms with van der Waals surface area (Å²) in [6, 6.07) is 3.07. The van der Waals surface area contributed by atoms with Crippen LogP contribution in [0.5, 0.6) is 0 Å². The molecule has 0 aromatic heterocycles. The lowest BCUT2D eigenvalue weighted by Gasteiger charge is -2.06. The maximum atomic E-state index is 13.1. The molecule has 1 rings (SSSR count). The van der Waals surface area contributed by atoms with Crippen LogP contribution in [-0.2, 0) is 15.5 Å². The second kappa shape index (κ2) is 4.49. The molecule has 0 aliphatic carbocycles. The van der Waals surface area contributed by atoms with Gasteiger partial charge in [-0.1, -0.05) is 6.07 Å². The van der Waals surface area contributed by atoms with Crippen LogP contribution in [0.2, 0.25) is 0 Å². The van der Waals surface area contributed by atoms with Gasteiger partial charge >= 0.3 is 0 Å². The molecule has 0 aliphatic rings. The first-order chi connectivity index (χ1) is 6.79. The second-order valence-corrected chi connectivity index (χ2v) is 6.42. The number of rotatable bonds is 3. The van der Waals surface area contributed by atoms with Crippen molar-refractivity contribution in [1.29, 1.82) is 0 Å². The van der Waals surface area contributed by atoms with E-state index in [1.165, 1.54) is 6.07 Å². The van der Waals surface area contributed by atoms with Gasteiger partial charge in [-0.25, -0.2) is 12.8 Å². The largest absolute Gasteiger partial charge is 0.232 e. The van der Waals surface area contributed by atoms with Crippen molar-refractivity contribution >= 4 is 19.7 Å². The summed E-state index contributed by atoms with van der Waals surface area (Å²) in [4.78, 5) is 0. The maximum Gasteiger partial charge on any atom is 0.232 e. The molecule has 0 radical (unpaired) electrons. The zero-order valence-corrected chi connectivity index (χ0v) is 10.1. The molecule has 0 saturated heterocycles. The Labute approximate surface area is 93.5 Å². The maximum absolute atomic E-state index is 13.1. The highest BCUT2D eigenvalue weighted by Crippen LogP contribution is 2.16. The van der Waals surface area contributed by atoms with Crippen LogP contribution in [0.4, 0.5) is 4.39 Å². The summed E-state index contributed by atoms with van der Waals surface area (Å²) >= 11 is 0. The van der Waals surface area contributed by atoms with E-state index >= 15 is 0 Å². The molecule has 15 heavy (non-hydrogen) atoms. The molecular formula is C10H12ClFO2S. The van der Waals surface area contributed by atoms with E-state index in [2.05, 4.69) is 0 Å². The molecule has 0 spiro atoms. The highest BCUT2D eigenvalue weighted by Gasteiger charge is 2.09. The summed E-state index contributed by atoms with van der Waals surface area (Å²) < 4.78 is 34.6. The summed E-state index contributed by atoms with van der Waals surface area (Å²) in [5, 5.41) is 0. The Morgan fingerprint density at radius 3 is 2.40 bits per heavy atom. The molecule has 1 aromatic carbocycles. The zero-order chi connectivity index (χ0) is 11.6. The predicted octanol–water partition coefficient (Wildman–Crippen LogP) is 2.55. The second-order valence-electron chi connectivity index (χ2n) is 3.52. The third kappa shape index (κ3) is 3.80. The molecule has 0 aliphatic heterocycles. The van der Waals surface area contributed by atoms with Crippen LogP contribution < -0.4 is 0 Å². The Bertz CT molecular complexity index is 469. The van der Waals surface area contributed by atoms with Crippen molar-refractivity contribution in [2.75, 3.05) is 5.75 Å². The Hall–Kier alpha value is -0.610. The molecule has 0 N–H and O–H groups in total. The first-order valence-corrected chi connectivity index (χ1v) is 6.95. The van der Waals surface area contributed by atoms with Crippen LogP contribution in [0, 0.1) is 19.7 Å². The minimum Gasteiger partial charge on any atom is -0.212 e. The number of halogens is 2. The smallest absolute Gasteiger partial charge is 0.212 e. The van der Waals surface area contributed by atoms with Crippen LogP contribution in [-0.4, -0.2) is 14.2 Å². The SMILES string of the molecule is Cc1cc(CCS(=O)(=O)Cl)c(C)cc1F. The zero-order valence-electron chi connectivity index (χ0n) is 8.55. The average molecular weight is 251 g/mol. The number of hydrogen-bond donors (Lipinski definition) is 0. The minimum absolute atomic E-state index is 0.125. The van der Waals surface area contributed by atoms with E-state index in [1.807, 2.05) is 0 Å². The van der Waals surface area contributed by atoms with E-state index in [-0.39, 0.29) is 11.6 Å². The monoisotopic (exact) mass is 250 g/mol. The van der Waals surface area contributed by atoms with E-state index in [9.17, 15) is 12.8 Å². The first-order valence-electron chi connectivity index (χ1n) is 4.47. The van der Waals surface area contributed by atoms with E-state index < -0.39 is 9.05 Å². The fraction of sp³-hybridized carbons (Fsp3) is 0.400. The van der Waals surface area contributed by atoms with Crippen LogP contribution >= 0.6 is 10.7 Å². The molecule has 2 nitrogen and oxygen atoms in total. The third-order valence-corrected chi connectivity index (χ3v) is 3.39. The quantitative estimate of drug-likeness (QED) is 0.773. The number of hydrogen-bond acceptors (Lipinski definition) is 2. The lowest BCUT2D eigenvalue weighted by Crippen LogP contribution is -2.03. The lowest BCUT2D eigenvalue weighted by molar-refractivity contribution is 0.608. The van der Waals surface area contributed by atoms with Gasteiger partial charge in [0.15, 0.2) is 0 Å². The van der Waals surface area contributed by atoms with Gasteiger partial charge in [0.2, 0.25) is 9.05 Å². The van der Waals surface area contributed by atoms with Crippen molar-refractivity contribution in [3.8, 4) is 0 Å². The first kappa shape index (κ1) is 12.5. The Morgan fingerprint density at radius 1 is 1.27 bits per heavy atom. The van der Waals surface area contributed by atoms with E-state index in [4.69, 9.17) is 10.7 Å². The van der Waals surface area contributed by atoms with Crippen molar-refractivity contribution in [3.63, 3.8) is 0 Å². The molecule has 0 bridgehead atoms. The van der Waals surface area contributed by atoms with Gasteiger partial charge in [-0.3, -0.25) is 0 Å². The van der Waals surface area contributed by atoms with Crippen molar-refractivity contribution in [3.05, 3.63) is 34.6 Å². The highest BCUT2D eigenvalue weighted by molar-refractivity contribution is 8.13. The normalized spacial score (nSPS) is 11.7. The Balaban J connectivity index is 2.91. The van der Waals surface area contributed by atoms with Crippen LogP contribution in [0.3, 0.4) is 0 Å². The van der Waals surface area contributed by atoms with Crippen molar-refractivity contribution < 1.29 is 12.8 Å². The van der Waals surface area contributed by atoms with Crippen LogP contribution in [0.25, 0.3) is 0 Å². The van der Waals surface area contributed by atoms with Gasteiger partial charge in [-0.15, -0.1) is 0 Å². The van der Waals surface area contributed by atoms with E-state index in [0.717, 1.165) is 11.1 Å². The fourth-order valence-corrected chi connectivity index (χ4v) is 2.04. The number of aryl methyl sites for hydroxylation is 3.